The average molecular weight is 265 g/mol. The minimum absolute atomic E-state index is 0.406. The Bertz CT molecular complexity index is 370. The number of hydrogen-bond acceptors (Lipinski definition) is 4. The zero-order valence-corrected chi connectivity index (χ0v) is 11.6. The summed E-state index contributed by atoms with van der Waals surface area (Å²) >= 11 is 0. The fraction of sp³-hybridized carbons (Fsp3) is 0.600. The van der Waals surface area contributed by atoms with Crippen LogP contribution in [0, 0.1) is 0 Å². The summed E-state index contributed by atoms with van der Waals surface area (Å²) in [6.07, 6.45) is 2.05. The number of ether oxygens (including phenoxy) is 3. The Labute approximate surface area is 115 Å². The van der Waals surface area contributed by atoms with E-state index in [9.17, 15) is 0 Å². The summed E-state index contributed by atoms with van der Waals surface area (Å²) in [5.74, 6) is 1.02. The molecule has 1 aliphatic rings. The second-order valence-corrected chi connectivity index (χ2v) is 4.64. The molecule has 1 aromatic rings. The van der Waals surface area contributed by atoms with Gasteiger partial charge < -0.3 is 19.5 Å². The Morgan fingerprint density at radius 3 is 3.05 bits per heavy atom. The standard InChI is InChI=1S/C15H23NO3/c1-17-11-12-18-9-4-8-16-14-7-10-19-15-6-3-2-5-13(14)15/h2-3,5-6,14,16H,4,7-12H2,1H3. The maximum atomic E-state index is 5.65. The lowest BCUT2D eigenvalue weighted by molar-refractivity contribution is 0.0691. The number of fused-ring (bicyclic) bond motifs is 1. The number of benzene rings is 1. The van der Waals surface area contributed by atoms with Gasteiger partial charge in [-0.2, -0.15) is 0 Å². The topological polar surface area (TPSA) is 39.7 Å². The predicted octanol–water partition coefficient (Wildman–Crippen LogP) is 2.15. The van der Waals surface area contributed by atoms with Crippen LogP contribution >= 0.6 is 0 Å². The number of para-hydroxylation sites is 1. The highest BCUT2D eigenvalue weighted by Gasteiger charge is 2.19. The summed E-state index contributed by atoms with van der Waals surface area (Å²) in [6.45, 7) is 3.88. The van der Waals surface area contributed by atoms with Gasteiger partial charge in [0.25, 0.3) is 0 Å². The van der Waals surface area contributed by atoms with Crippen molar-refractivity contribution in [3.8, 4) is 5.75 Å². The van der Waals surface area contributed by atoms with Crippen LogP contribution < -0.4 is 10.1 Å². The first-order valence-corrected chi connectivity index (χ1v) is 6.93. The van der Waals surface area contributed by atoms with Crippen molar-refractivity contribution in [2.24, 2.45) is 0 Å². The second-order valence-electron chi connectivity index (χ2n) is 4.64. The van der Waals surface area contributed by atoms with E-state index in [0.717, 1.165) is 38.3 Å². The SMILES string of the molecule is COCCOCCCNC1CCOc2ccccc21. The van der Waals surface area contributed by atoms with Crippen LogP contribution in [0.3, 0.4) is 0 Å². The molecule has 0 saturated heterocycles. The monoisotopic (exact) mass is 265 g/mol. The second kappa shape index (κ2) is 8.15. The third-order valence-electron chi connectivity index (χ3n) is 3.25. The number of methoxy groups -OCH3 is 1. The lowest BCUT2D eigenvalue weighted by Crippen LogP contribution is -2.28. The molecule has 0 fully saturated rings. The van der Waals surface area contributed by atoms with Crippen molar-refractivity contribution in [3.05, 3.63) is 29.8 Å². The van der Waals surface area contributed by atoms with Crippen LogP contribution in [0.4, 0.5) is 0 Å². The molecule has 0 aliphatic carbocycles. The summed E-state index contributed by atoms with van der Waals surface area (Å²) in [5, 5.41) is 3.58. The molecule has 1 heterocycles. The van der Waals surface area contributed by atoms with Gasteiger partial charge in [0, 0.05) is 31.7 Å². The van der Waals surface area contributed by atoms with E-state index in [1.165, 1.54) is 5.56 Å². The molecule has 0 saturated carbocycles. The Kier molecular flexibility index (Phi) is 6.14. The first kappa shape index (κ1) is 14.3. The summed E-state index contributed by atoms with van der Waals surface area (Å²) in [7, 11) is 1.69. The molecule has 0 bridgehead atoms. The molecule has 0 amide bonds. The molecule has 1 atom stereocenters. The quantitative estimate of drug-likeness (QED) is 0.731. The molecule has 106 valence electrons. The van der Waals surface area contributed by atoms with Crippen molar-refractivity contribution in [1.82, 2.24) is 5.32 Å². The normalized spacial score (nSPS) is 17.8. The molecule has 4 heteroatoms. The van der Waals surface area contributed by atoms with Crippen molar-refractivity contribution in [2.45, 2.75) is 18.9 Å². The van der Waals surface area contributed by atoms with Gasteiger partial charge in [-0.1, -0.05) is 18.2 Å². The number of rotatable bonds is 8. The van der Waals surface area contributed by atoms with Crippen LogP contribution in [0.5, 0.6) is 5.75 Å². The van der Waals surface area contributed by atoms with E-state index in [0.29, 0.717) is 19.3 Å². The van der Waals surface area contributed by atoms with Gasteiger partial charge in [0.05, 0.1) is 19.8 Å². The smallest absolute Gasteiger partial charge is 0.124 e. The molecular weight excluding hydrogens is 242 g/mol. The summed E-state index contributed by atoms with van der Waals surface area (Å²) < 4.78 is 16.0. The van der Waals surface area contributed by atoms with E-state index in [4.69, 9.17) is 14.2 Å². The maximum absolute atomic E-state index is 5.65. The van der Waals surface area contributed by atoms with E-state index in [1.54, 1.807) is 7.11 Å². The van der Waals surface area contributed by atoms with Crippen LogP contribution in [0.15, 0.2) is 24.3 Å². The van der Waals surface area contributed by atoms with Crippen LogP contribution in [0.2, 0.25) is 0 Å². The van der Waals surface area contributed by atoms with Gasteiger partial charge in [0.1, 0.15) is 5.75 Å². The molecule has 0 radical (unpaired) electrons. The van der Waals surface area contributed by atoms with Crippen molar-refractivity contribution >= 4 is 0 Å². The van der Waals surface area contributed by atoms with Gasteiger partial charge in [-0.05, 0) is 19.0 Å². The van der Waals surface area contributed by atoms with Crippen LogP contribution in [-0.4, -0.2) is 40.1 Å². The first-order chi connectivity index (χ1) is 9.42. The molecule has 0 aromatic heterocycles. The highest BCUT2D eigenvalue weighted by Crippen LogP contribution is 2.31. The molecule has 1 aromatic carbocycles. The van der Waals surface area contributed by atoms with Crippen LogP contribution in [0.1, 0.15) is 24.4 Å². The average Bonchev–Trinajstić information content (AvgIpc) is 2.46. The van der Waals surface area contributed by atoms with E-state index in [1.807, 2.05) is 12.1 Å². The maximum Gasteiger partial charge on any atom is 0.124 e. The van der Waals surface area contributed by atoms with Crippen molar-refractivity contribution in [2.75, 3.05) is 40.1 Å². The van der Waals surface area contributed by atoms with Crippen molar-refractivity contribution in [3.63, 3.8) is 0 Å². The van der Waals surface area contributed by atoms with Gasteiger partial charge in [-0.15, -0.1) is 0 Å². The Balaban J connectivity index is 1.67. The fourth-order valence-corrected chi connectivity index (χ4v) is 2.25. The number of nitrogens with one attached hydrogen (secondary N) is 1. The molecular formula is C15H23NO3. The molecule has 19 heavy (non-hydrogen) atoms. The fourth-order valence-electron chi connectivity index (χ4n) is 2.25. The van der Waals surface area contributed by atoms with E-state index in [-0.39, 0.29) is 0 Å². The number of hydrogen-bond donors (Lipinski definition) is 1. The minimum atomic E-state index is 0.406. The predicted molar refractivity (Wildman–Crippen MR) is 74.6 cm³/mol. The summed E-state index contributed by atoms with van der Waals surface area (Å²) in [5.41, 5.74) is 1.27. The van der Waals surface area contributed by atoms with Crippen molar-refractivity contribution < 1.29 is 14.2 Å². The molecule has 1 aliphatic heterocycles. The molecule has 2 rings (SSSR count). The van der Waals surface area contributed by atoms with Crippen LogP contribution in [-0.2, 0) is 9.47 Å². The minimum Gasteiger partial charge on any atom is -0.493 e. The van der Waals surface area contributed by atoms with E-state index < -0.39 is 0 Å². The molecule has 1 N–H and O–H groups in total. The zero-order valence-electron chi connectivity index (χ0n) is 11.6. The van der Waals surface area contributed by atoms with Crippen LogP contribution in [0.25, 0.3) is 0 Å². The molecule has 0 spiro atoms. The Morgan fingerprint density at radius 1 is 1.26 bits per heavy atom. The van der Waals surface area contributed by atoms with Crippen molar-refractivity contribution in [1.29, 1.82) is 0 Å². The third-order valence-corrected chi connectivity index (χ3v) is 3.25. The van der Waals surface area contributed by atoms with Gasteiger partial charge in [-0.25, -0.2) is 0 Å². The van der Waals surface area contributed by atoms with E-state index >= 15 is 0 Å². The summed E-state index contributed by atoms with van der Waals surface area (Å²) in [4.78, 5) is 0. The lowest BCUT2D eigenvalue weighted by Gasteiger charge is -2.26. The Hall–Kier alpha value is -1.10. The first-order valence-electron chi connectivity index (χ1n) is 6.93. The third kappa shape index (κ3) is 4.49. The van der Waals surface area contributed by atoms with Gasteiger partial charge in [0.2, 0.25) is 0 Å². The van der Waals surface area contributed by atoms with Gasteiger partial charge in [-0.3, -0.25) is 0 Å². The zero-order chi connectivity index (χ0) is 13.3. The van der Waals surface area contributed by atoms with E-state index in [2.05, 4.69) is 17.4 Å². The summed E-state index contributed by atoms with van der Waals surface area (Å²) in [6, 6.07) is 8.67. The van der Waals surface area contributed by atoms with Gasteiger partial charge >= 0.3 is 0 Å². The largest absolute Gasteiger partial charge is 0.493 e. The lowest BCUT2D eigenvalue weighted by atomic mass is 10.0. The molecule has 1 unspecified atom stereocenters. The highest BCUT2D eigenvalue weighted by molar-refractivity contribution is 5.37. The highest BCUT2D eigenvalue weighted by atomic mass is 16.5. The molecule has 4 nitrogen and oxygen atoms in total. The van der Waals surface area contributed by atoms with Gasteiger partial charge in [0.15, 0.2) is 0 Å². The Morgan fingerprint density at radius 2 is 2.16 bits per heavy atom.